The van der Waals surface area contributed by atoms with Crippen molar-refractivity contribution in [3.05, 3.63) is 71.8 Å². The number of carboxylic acids is 1. The Morgan fingerprint density at radius 1 is 1.12 bits per heavy atom. The van der Waals surface area contributed by atoms with Gasteiger partial charge in [0.05, 0.1) is 12.6 Å². The van der Waals surface area contributed by atoms with Crippen molar-refractivity contribution in [2.24, 2.45) is 5.10 Å². The minimum absolute atomic E-state index is 0.221. The van der Waals surface area contributed by atoms with Crippen LogP contribution in [0.1, 0.15) is 31.4 Å². The van der Waals surface area contributed by atoms with Gasteiger partial charge in [0.25, 0.3) is 5.91 Å². The number of aliphatic carboxylic acids is 1. The summed E-state index contributed by atoms with van der Waals surface area (Å²) < 4.78 is 5.18. The second-order valence-corrected chi connectivity index (χ2v) is 8.55. The molecule has 3 atom stereocenters. The molecule has 0 spiro atoms. The number of aryl methyl sites for hydroxylation is 1. The summed E-state index contributed by atoms with van der Waals surface area (Å²) >= 11 is 1.00. The van der Waals surface area contributed by atoms with Crippen LogP contribution >= 0.6 is 11.8 Å². The second kappa shape index (κ2) is 11.6. The van der Waals surface area contributed by atoms with Crippen molar-refractivity contribution in [3.8, 4) is 0 Å². The Morgan fingerprint density at radius 3 is 2.36 bits per heavy atom. The first kappa shape index (κ1) is 24.5. The number of carbonyl (C=O) groups is 3. The number of hydrazone groups is 1. The van der Waals surface area contributed by atoms with Gasteiger partial charge in [-0.1, -0.05) is 72.4 Å². The Morgan fingerprint density at radius 2 is 1.76 bits per heavy atom. The van der Waals surface area contributed by atoms with E-state index in [0.29, 0.717) is 17.9 Å². The summed E-state index contributed by atoms with van der Waals surface area (Å²) in [5.41, 5.74) is 1.79. The fourth-order valence-electron chi connectivity index (χ4n) is 3.40. The summed E-state index contributed by atoms with van der Waals surface area (Å²) in [6, 6.07) is 17.2. The number of nitrogens with one attached hydrogen (secondary N) is 1. The minimum atomic E-state index is -1.18. The van der Waals surface area contributed by atoms with Crippen LogP contribution in [0, 0.1) is 0 Å². The Hall–Kier alpha value is -3.17. The first-order chi connectivity index (χ1) is 15.9. The number of hydrogen-bond donors (Lipinski definition) is 2. The summed E-state index contributed by atoms with van der Waals surface area (Å²) in [4.78, 5) is 37.5. The van der Waals surface area contributed by atoms with E-state index < -0.39 is 35.3 Å². The molecule has 1 amide bonds. The van der Waals surface area contributed by atoms with E-state index in [1.807, 2.05) is 48.5 Å². The quantitative estimate of drug-likeness (QED) is 0.515. The standard InChI is InChI=1S/C24H27N3O5S/c1-3-32-24(31)19(15-14-17-10-6-4-7-11-17)25-16(2)21(28)27-22(23(29)30)33-20(26-27)18-12-8-5-9-13-18/h4-13,16,19,22,25H,3,14-15H2,1-2H3,(H,29,30)/t16-,19-,22-/m0/s1. The van der Waals surface area contributed by atoms with Crippen LogP contribution < -0.4 is 5.32 Å². The highest BCUT2D eigenvalue weighted by Crippen LogP contribution is 2.30. The molecule has 0 radical (unpaired) electrons. The van der Waals surface area contributed by atoms with Gasteiger partial charge in [-0.2, -0.15) is 5.10 Å². The number of esters is 1. The first-order valence-electron chi connectivity index (χ1n) is 10.7. The summed E-state index contributed by atoms with van der Waals surface area (Å²) in [5.74, 6) is -2.15. The molecule has 2 aromatic carbocycles. The number of nitrogens with zero attached hydrogens (tertiary/aromatic N) is 2. The third-order valence-corrected chi connectivity index (χ3v) is 6.22. The summed E-state index contributed by atoms with van der Waals surface area (Å²) in [6.45, 7) is 3.54. The fourth-order valence-corrected chi connectivity index (χ4v) is 4.37. The number of hydrogen-bond acceptors (Lipinski definition) is 7. The minimum Gasteiger partial charge on any atom is -0.479 e. The molecule has 0 aromatic heterocycles. The van der Waals surface area contributed by atoms with E-state index in [1.54, 1.807) is 26.0 Å². The predicted octanol–water partition coefficient (Wildman–Crippen LogP) is 2.88. The lowest BCUT2D eigenvalue weighted by atomic mass is 10.0. The van der Waals surface area contributed by atoms with Crippen LogP contribution in [0.4, 0.5) is 0 Å². The molecule has 2 aromatic rings. The lowest BCUT2D eigenvalue weighted by Crippen LogP contribution is -2.52. The molecule has 1 aliphatic rings. The number of carbonyl (C=O) groups excluding carboxylic acids is 2. The molecule has 1 heterocycles. The van der Waals surface area contributed by atoms with E-state index in [0.717, 1.165) is 27.9 Å². The molecule has 8 nitrogen and oxygen atoms in total. The number of rotatable bonds is 10. The zero-order valence-electron chi connectivity index (χ0n) is 18.5. The van der Waals surface area contributed by atoms with Crippen LogP contribution in [-0.2, 0) is 25.5 Å². The van der Waals surface area contributed by atoms with Crippen LogP contribution in [0.25, 0.3) is 0 Å². The molecule has 0 saturated heterocycles. The maximum Gasteiger partial charge on any atom is 0.339 e. The predicted molar refractivity (Wildman–Crippen MR) is 127 cm³/mol. The lowest BCUT2D eigenvalue weighted by molar-refractivity contribution is -0.149. The van der Waals surface area contributed by atoms with Crippen LogP contribution in [-0.4, -0.2) is 57.1 Å². The Labute approximate surface area is 197 Å². The molecule has 9 heteroatoms. The van der Waals surface area contributed by atoms with E-state index in [-0.39, 0.29) is 6.61 Å². The van der Waals surface area contributed by atoms with E-state index >= 15 is 0 Å². The second-order valence-electron chi connectivity index (χ2n) is 7.48. The highest BCUT2D eigenvalue weighted by Gasteiger charge is 2.40. The van der Waals surface area contributed by atoms with Crippen molar-refractivity contribution in [1.82, 2.24) is 10.3 Å². The fraction of sp³-hybridized carbons (Fsp3) is 0.333. The number of thioether (sulfide) groups is 1. The van der Waals surface area contributed by atoms with Gasteiger partial charge in [-0.05, 0) is 32.3 Å². The van der Waals surface area contributed by atoms with Gasteiger partial charge >= 0.3 is 11.9 Å². The number of ether oxygens (including phenoxy) is 1. The maximum atomic E-state index is 13.2. The largest absolute Gasteiger partial charge is 0.479 e. The highest BCUT2D eigenvalue weighted by molar-refractivity contribution is 8.15. The average molecular weight is 470 g/mol. The zero-order chi connectivity index (χ0) is 23.8. The maximum absolute atomic E-state index is 13.2. The molecule has 0 aliphatic carbocycles. The van der Waals surface area contributed by atoms with Crippen LogP contribution in [0.15, 0.2) is 65.8 Å². The van der Waals surface area contributed by atoms with Crippen LogP contribution in [0.5, 0.6) is 0 Å². The van der Waals surface area contributed by atoms with Crippen molar-refractivity contribution in [2.75, 3.05) is 6.61 Å². The molecule has 0 saturated carbocycles. The molecule has 1 aliphatic heterocycles. The van der Waals surface area contributed by atoms with Gasteiger partial charge in [0, 0.05) is 5.56 Å². The molecular weight excluding hydrogens is 442 g/mol. The summed E-state index contributed by atoms with van der Waals surface area (Å²) in [7, 11) is 0. The van der Waals surface area contributed by atoms with Crippen molar-refractivity contribution in [3.63, 3.8) is 0 Å². The average Bonchev–Trinajstić information content (AvgIpc) is 3.28. The normalized spacial score (nSPS) is 17.2. The van der Waals surface area contributed by atoms with Gasteiger partial charge < -0.3 is 9.84 Å². The van der Waals surface area contributed by atoms with Gasteiger partial charge in [-0.25, -0.2) is 9.80 Å². The Balaban J connectivity index is 1.73. The third kappa shape index (κ3) is 6.43. The Kier molecular flexibility index (Phi) is 8.62. The molecule has 0 bridgehead atoms. The first-order valence-corrected chi connectivity index (χ1v) is 11.6. The van der Waals surface area contributed by atoms with E-state index in [4.69, 9.17) is 4.74 Å². The molecule has 0 unspecified atom stereocenters. The molecular formula is C24H27N3O5S. The third-order valence-electron chi connectivity index (χ3n) is 5.06. The molecule has 2 N–H and O–H groups in total. The van der Waals surface area contributed by atoms with Gasteiger partial charge in [-0.3, -0.25) is 14.9 Å². The molecule has 174 valence electrons. The van der Waals surface area contributed by atoms with Crippen LogP contribution in [0.3, 0.4) is 0 Å². The monoisotopic (exact) mass is 469 g/mol. The Bertz CT molecular complexity index is 1000. The van der Waals surface area contributed by atoms with Crippen molar-refractivity contribution in [2.45, 2.75) is 44.1 Å². The molecule has 3 rings (SSSR count). The zero-order valence-corrected chi connectivity index (χ0v) is 19.3. The lowest BCUT2D eigenvalue weighted by Gasteiger charge is -2.25. The van der Waals surface area contributed by atoms with Gasteiger partial charge in [0.15, 0.2) is 0 Å². The van der Waals surface area contributed by atoms with Crippen LogP contribution in [0.2, 0.25) is 0 Å². The van der Waals surface area contributed by atoms with E-state index in [9.17, 15) is 19.5 Å². The summed E-state index contributed by atoms with van der Waals surface area (Å²) in [5, 5.41) is 17.2. The highest BCUT2D eigenvalue weighted by atomic mass is 32.2. The SMILES string of the molecule is CCOC(=O)[C@H](CCc1ccccc1)N[C@@H](C)C(=O)N1N=C(c2ccccc2)S[C@H]1C(=O)O. The van der Waals surface area contributed by atoms with Gasteiger partial charge in [0.1, 0.15) is 11.1 Å². The molecule has 0 fully saturated rings. The molecule has 33 heavy (non-hydrogen) atoms. The smallest absolute Gasteiger partial charge is 0.339 e. The van der Waals surface area contributed by atoms with Gasteiger partial charge in [0.2, 0.25) is 5.37 Å². The topological polar surface area (TPSA) is 108 Å². The van der Waals surface area contributed by atoms with Crippen molar-refractivity contribution in [1.29, 1.82) is 0 Å². The van der Waals surface area contributed by atoms with Crippen molar-refractivity contribution >= 4 is 34.7 Å². The summed E-state index contributed by atoms with van der Waals surface area (Å²) in [6.07, 6.45) is 1.04. The number of benzene rings is 2. The van der Waals surface area contributed by atoms with E-state index in [1.165, 1.54) is 0 Å². The van der Waals surface area contributed by atoms with E-state index in [2.05, 4.69) is 10.4 Å². The number of amides is 1. The number of carboxylic acid groups (broad SMARTS) is 1. The van der Waals surface area contributed by atoms with Crippen molar-refractivity contribution < 1.29 is 24.2 Å². The van der Waals surface area contributed by atoms with Gasteiger partial charge in [-0.15, -0.1) is 0 Å².